The lowest BCUT2D eigenvalue weighted by molar-refractivity contribution is -0.0504. The number of benzene rings is 1. The highest BCUT2D eigenvalue weighted by atomic mass is 35.5. The van der Waals surface area contributed by atoms with Crippen LogP contribution in [-0.2, 0) is 0 Å². The van der Waals surface area contributed by atoms with Crippen LogP contribution in [0.3, 0.4) is 0 Å². The van der Waals surface area contributed by atoms with Gasteiger partial charge in [-0.1, -0.05) is 0 Å². The number of ether oxygens (including phenoxy) is 1. The van der Waals surface area contributed by atoms with Crippen molar-refractivity contribution in [2.75, 3.05) is 20.1 Å². The highest BCUT2D eigenvalue weighted by Gasteiger charge is 2.26. The van der Waals surface area contributed by atoms with E-state index in [1.54, 1.807) is 7.05 Å². The molecule has 1 aliphatic heterocycles. The summed E-state index contributed by atoms with van der Waals surface area (Å²) in [7, 11) is 1.59. The average molecular weight is 325 g/mol. The topological polar surface area (TPSA) is 41.6 Å². The van der Waals surface area contributed by atoms with Crippen LogP contribution in [0, 0.1) is 5.82 Å². The first-order valence-electron chi connectivity index (χ1n) is 6.21. The minimum atomic E-state index is -3.11. The standard InChI is InChI=1S/C13H15F3N2O2.ClH/c1-18(9-4-5-17-7-9)12(19)10-3-2-8(14)6-11(10)20-13(15)16;/h2-3,6,9,13,17H,4-5,7H2,1H3;1H. The molecule has 8 heteroatoms. The van der Waals surface area contributed by atoms with Gasteiger partial charge in [-0.25, -0.2) is 4.39 Å². The molecule has 4 nitrogen and oxygen atoms in total. The summed E-state index contributed by atoms with van der Waals surface area (Å²) in [5.41, 5.74) is -0.0684. The summed E-state index contributed by atoms with van der Waals surface area (Å²) >= 11 is 0. The van der Waals surface area contributed by atoms with Crippen molar-refractivity contribution in [2.45, 2.75) is 19.1 Å². The maximum atomic E-state index is 13.1. The Morgan fingerprint density at radius 2 is 2.19 bits per heavy atom. The lowest BCUT2D eigenvalue weighted by Crippen LogP contribution is -2.38. The van der Waals surface area contributed by atoms with Gasteiger partial charge < -0.3 is 15.0 Å². The van der Waals surface area contributed by atoms with E-state index in [2.05, 4.69) is 10.1 Å². The quantitative estimate of drug-likeness (QED) is 0.924. The number of halogens is 4. The Bertz CT molecular complexity index is 496. The van der Waals surface area contributed by atoms with Crippen LogP contribution in [0.25, 0.3) is 0 Å². The smallest absolute Gasteiger partial charge is 0.387 e. The minimum absolute atomic E-state index is 0. The second-order valence-electron chi connectivity index (χ2n) is 4.58. The third-order valence-electron chi connectivity index (χ3n) is 3.29. The molecular formula is C13H16ClF3N2O2. The number of rotatable bonds is 4. The lowest BCUT2D eigenvalue weighted by atomic mass is 10.1. The predicted molar refractivity (Wildman–Crippen MR) is 73.6 cm³/mol. The molecule has 1 unspecified atom stereocenters. The first-order valence-corrected chi connectivity index (χ1v) is 6.21. The van der Waals surface area contributed by atoms with Crippen molar-refractivity contribution in [2.24, 2.45) is 0 Å². The van der Waals surface area contributed by atoms with Crippen LogP contribution in [0.2, 0.25) is 0 Å². The minimum Gasteiger partial charge on any atom is -0.434 e. The lowest BCUT2D eigenvalue weighted by Gasteiger charge is -2.24. The fourth-order valence-electron chi connectivity index (χ4n) is 2.19. The molecule has 1 atom stereocenters. The van der Waals surface area contributed by atoms with Gasteiger partial charge in [-0.2, -0.15) is 8.78 Å². The highest BCUT2D eigenvalue weighted by Crippen LogP contribution is 2.24. The molecule has 2 rings (SSSR count). The van der Waals surface area contributed by atoms with Gasteiger partial charge in [0.25, 0.3) is 5.91 Å². The van der Waals surface area contributed by atoms with Gasteiger partial charge in [0.1, 0.15) is 11.6 Å². The molecule has 21 heavy (non-hydrogen) atoms. The SMILES string of the molecule is CN(C(=O)c1ccc(F)cc1OC(F)F)C1CCNC1.Cl. The maximum Gasteiger partial charge on any atom is 0.387 e. The zero-order valence-corrected chi connectivity index (χ0v) is 12.1. The van der Waals surface area contributed by atoms with Gasteiger partial charge in [-0.3, -0.25) is 4.79 Å². The van der Waals surface area contributed by atoms with Crippen molar-refractivity contribution in [3.05, 3.63) is 29.6 Å². The first kappa shape index (κ1) is 17.6. The summed E-state index contributed by atoms with van der Waals surface area (Å²) in [4.78, 5) is 13.8. The summed E-state index contributed by atoms with van der Waals surface area (Å²) in [6, 6.07) is 2.99. The number of carbonyl (C=O) groups is 1. The zero-order chi connectivity index (χ0) is 14.7. The molecule has 1 heterocycles. The molecule has 0 spiro atoms. The summed E-state index contributed by atoms with van der Waals surface area (Å²) in [5.74, 6) is -1.64. The van der Waals surface area contributed by atoms with Crippen molar-refractivity contribution in [3.63, 3.8) is 0 Å². The van der Waals surface area contributed by atoms with E-state index in [4.69, 9.17) is 0 Å². The van der Waals surface area contributed by atoms with E-state index in [0.717, 1.165) is 31.2 Å². The van der Waals surface area contributed by atoms with E-state index >= 15 is 0 Å². The number of amides is 1. The zero-order valence-electron chi connectivity index (χ0n) is 11.3. The Kier molecular flexibility index (Phi) is 6.29. The van der Waals surface area contributed by atoms with Crippen molar-refractivity contribution in [3.8, 4) is 5.75 Å². The number of hydrogen-bond donors (Lipinski definition) is 1. The maximum absolute atomic E-state index is 13.1. The second-order valence-corrected chi connectivity index (χ2v) is 4.58. The Morgan fingerprint density at radius 3 is 2.76 bits per heavy atom. The van der Waals surface area contributed by atoms with Gasteiger partial charge in [0.05, 0.1) is 5.56 Å². The molecule has 1 N–H and O–H groups in total. The van der Waals surface area contributed by atoms with Gasteiger partial charge in [-0.15, -0.1) is 12.4 Å². The Labute approximate surface area is 126 Å². The Morgan fingerprint density at radius 1 is 1.48 bits per heavy atom. The molecule has 0 saturated carbocycles. The number of nitrogens with zero attached hydrogens (tertiary/aromatic N) is 1. The van der Waals surface area contributed by atoms with Crippen LogP contribution >= 0.6 is 12.4 Å². The normalized spacial score (nSPS) is 17.5. The van der Waals surface area contributed by atoms with Crippen LogP contribution in [0.1, 0.15) is 16.8 Å². The summed E-state index contributed by atoms with van der Waals surface area (Å²) in [6.07, 6.45) is 0.786. The van der Waals surface area contributed by atoms with Crippen molar-refractivity contribution >= 4 is 18.3 Å². The fourth-order valence-corrected chi connectivity index (χ4v) is 2.19. The molecule has 1 fully saturated rings. The molecular weight excluding hydrogens is 309 g/mol. The third kappa shape index (κ3) is 4.25. The van der Waals surface area contributed by atoms with Crippen LogP contribution < -0.4 is 10.1 Å². The van der Waals surface area contributed by atoms with Gasteiger partial charge >= 0.3 is 6.61 Å². The van der Waals surface area contributed by atoms with Gasteiger partial charge in [0.15, 0.2) is 0 Å². The number of likely N-dealkylation sites (N-methyl/N-ethyl adjacent to an activating group) is 1. The van der Waals surface area contributed by atoms with Gasteiger partial charge in [0.2, 0.25) is 0 Å². The summed E-state index contributed by atoms with van der Waals surface area (Å²) < 4.78 is 42.0. The van der Waals surface area contributed by atoms with Crippen molar-refractivity contribution in [1.82, 2.24) is 10.2 Å². The Balaban J connectivity index is 0.00000220. The van der Waals surface area contributed by atoms with E-state index in [0.29, 0.717) is 6.54 Å². The van der Waals surface area contributed by atoms with E-state index in [-0.39, 0.29) is 24.0 Å². The Hall–Kier alpha value is -1.47. The summed E-state index contributed by atoms with van der Waals surface area (Å²) in [5, 5.41) is 3.11. The largest absolute Gasteiger partial charge is 0.434 e. The monoisotopic (exact) mass is 324 g/mol. The second kappa shape index (κ2) is 7.51. The molecule has 0 aromatic heterocycles. The molecule has 0 aliphatic carbocycles. The van der Waals surface area contributed by atoms with Crippen LogP contribution in [-0.4, -0.2) is 43.6 Å². The van der Waals surface area contributed by atoms with Gasteiger partial charge in [0, 0.05) is 25.7 Å². The average Bonchev–Trinajstić information content (AvgIpc) is 2.90. The number of alkyl halides is 2. The first-order chi connectivity index (χ1) is 9.49. The molecule has 1 saturated heterocycles. The number of nitrogens with one attached hydrogen (secondary N) is 1. The number of carbonyl (C=O) groups excluding carboxylic acids is 1. The fraction of sp³-hybridized carbons (Fsp3) is 0.462. The molecule has 1 aliphatic rings. The van der Waals surface area contributed by atoms with E-state index < -0.39 is 24.1 Å². The molecule has 118 valence electrons. The predicted octanol–water partition coefficient (Wildman–Crippen LogP) is 2.28. The molecule has 1 aromatic carbocycles. The molecule has 1 amide bonds. The summed E-state index contributed by atoms with van der Waals surface area (Å²) in [6.45, 7) is -1.66. The van der Waals surface area contributed by atoms with Gasteiger partial charge in [-0.05, 0) is 25.1 Å². The molecule has 0 bridgehead atoms. The van der Waals surface area contributed by atoms with Crippen LogP contribution in [0.5, 0.6) is 5.75 Å². The number of hydrogen-bond acceptors (Lipinski definition) is 3. The molecule has 1 aromatic rings. The van der Waals surface area contributed by atoms with Crippen molar-refractivity contribution in [1.29, 1.82) is 0 Å². The third-order valence-corrected chi connectivity index (χ3v) is 3.29. The molecule has 0 radical (unpaired) electrons. The van der Waals surface area contributed by atoms with E-state index in [1.165, 1.54) is 4.90 Å². The van der Waals surface area contributed by atoms with E-state index in [9.17, 15) is 18.0 Å². The van der Waals surface area contributed by atoms with Crippen LogP contribution in [0.15, 0.2) is 18.2 Å². The van der Waals surface area contributed by atoms with Crippen molar-refractivity contribution < 1.29 is 22.7 Å². The van der Waals surface area contributed by atoms with Crippen LogP contribution in [0.4, 0.5) is 13.2 Å². The van der Waals surface area contributed by atoms with E-state index in [1.807, 2.05) is 0 Å². The highest BCUT2D eigenvalue weighted by molar-refractivity contribution is 5.97.